The number of aliphatic hydroxyl groups excluding tert-OH is 2. The van der Waals surface area contributed by atoms with Crippen LogP contribution in [0, 0.1) is 0 Å². The molecular formula is C14H28O2. The van der Waals surface area contributed by atoms with Crippen LogP contribution in [0.15, 0.2) is 12.2 Å². The van der Waals surface area contributed by atoms with Crippen LogP contribution in [0.2, 0.25) is 0 Å². The zero-order valence-electron chi connectivity index (χ0n) is 10.7. The zero-order valence-corrected chi connectivity index (χ0v) is 10.7. The average molecular weight is 228 g/mol. The third-order valence-corrected chi connectivity index (χ3v) is 2.76. The van der Waals surface area contributed by atoms with E-state index in [1.807, 2.05) is 0 Å². The summed E-state index contributed by atoms with van der Waals surface area (Å²) in [5.41, 5.74) is 0. The molecule has 0 aromatic carbocycles. The zero-order chi connectivity index (χ0) is 12.1. The molecule has 0 heterocycles. The summed E-state index contributed by atoms with van der Waals surface area (Å²) in [6, 6.07) is 0. The van der Waals surface area contributed by atoms with Crippen LogP contribution in [0.25, 0.3) is 0 Å². The molecule has 0 bridgehead atoms. The molecule has 0 aliphatic rings. The summed E-state index contributed by atoms with van der Waals surface area (Å²) in [6.45, 7) is 2.32. The first-order valence-electron chi connectivity index (χ1n) is 6.75. The lowest BCUT2D eigenvalue weighted by Gasteiger charge is -2.06. The molecule has 0 unspecified atom stereocenters. The van der Waals surface area contributed by atoms with Crippen molar-refractivity contribution in [3.05, 3.63) is 12.2 Å². The van der Waals surface area contributed by atoms with Crippen LogP contribution >= 0.6 is 0 Å². The molecule has 0 amide bonds. The van der Waals surface area contributed by atoms with Crippen molar-refractivity contribution in [3.63, 3.8) is 0 Å². The number of unbranched alkanes of at least 4 members (excludes halogenated alkanes) is 5. The smallest absolute Gasteiger partial charge is 0.0562 e. The van der Waals surface area contributed by atoms with E-state index < -0.39 is 0 Å². The molecule has 1 atom stereocenters. The average Bonchev–Trinajstić information content (AvgIpc) is 2.27. The molecule has 0 saturated heterocycles. The van der Waals surface area contributed by atoms with E-state index in [0.717, 1.165) is 19.3 Å². The van der Waals surface area contributed by atoms with Gasteiger partial charge in [0.1, 0.15) is 0 Å². The molecular weight excluding hydrogens is 200 g/mol. The van der Waals surface area contributed by atoms with Gasteiger partial charge in [0, 0.05) is 6.61 Å². The molecule has 2 nitrogen and oxygen atoms in total. The van der Waals surface area contributed by atoms with Gasteiger partial charge in [-0.15, -0.1) is 0 Å². The van der Waals surface area contributed by atoms with Crippen molar-refractivity contribution < 1.29 is 10.2 Å². The molecule has 0 aliphatic carbocycles. The van der Waals surface area contributed by atoms with E-state index in [0.29, 0.717) is 6.42 Å². The first kappa shape index (κ1) is 15.7. The van der Waals surface area contributed by atoms with Crippen LogP contribution in [0.1, 0.15) is 64.7 Å². The van der Waals surface area contributed by atoms with Crippen LogP contribution in [0.3, 0.4) is 0 Å². The number of hydrogen-bond acceptors (Lipinski definition) is 2. The lowest BCUT2D eigenvalue weighted by atomic mass is 10.1. The maximum atomic E-state index is 9.36. The van der Waals surface area contributed by atoms with E-state index >= 15 is 0 Å². The second kappa shape index (κ2) is 12.7. The first-order valence-corrected chi connectivity index (χ1v) is 6.75. The Labute approximate surface area is 100 Å². The van der Waals surface area contributed by atoms with Crippen molar-refractivity contribution in [2.45, 2.75) is 70.8 Å². The first-order chi connectivity index (χ1) is 7.81. The molecule has 0 radical (unpaired) electrons. The van der Waals surface area contributed by atoms with E-state index in [-0.39, 0.29) is 12.7 Å². The summed E-state index contributed by atoms with van der Waals surface area (Å²) < 4.78 is 0. The van der Waals surface area contributed by atoms with Crippen molar-refractivity contribution in [2.24, 2.45) is 0 Å². The number of allylic oxidation sites excluding steroid dienone is 2. The third-order valence-electron chi connectivity index (χ3n) is 2.76. The van der Waals surface area contributed by atoms with Crippen LogP contribution in [-0.2, 0) is 0 Å². The normalized spacial score (nSPS) is 13.4. The van der Waals surface area contributed by atoms with Gasteiger partial charge in [-0.05, 0) is 38.5 Å². The van der Waals surface area contributed by atoms with E-state index in [4.69, 9.17) is 5.11 Å². The van der Waals surface area contributed by atoms with Gasteiger partial charge in [0.2, 0.25) is 0 Å². The van der Waals surface area contributed by atoms with Crippen molar-refractivity contribution >= 4 is 0 Å². The highest BCUT2D eigenvalue weighted by Gasteiger charge is 2.00. The van der Waals surface area contributed by atoms with Gasteiger partial charge in [0.25, 0.3) is 0 Å². The highest BCUT2D eigenvalue weighted by atomic mass is 16.3. The Morgan fingerprint density at radius 1 is 0.938 bits per heavy atom. The van der Waals surface area contributed by atoms with Crippen LogP contribution in [0.5, 0.6) is 0 Å². The molecule has 0 aromatic heterocycles. The summed E-state index contributed by atoms with van der Waals surface area (Å²) in [6.07, 6.45) is 14.0. The van der Waals surface area contributed by atoms with Crippen molar-refractivity contribution in [2.75, 3.05) is 6.61 Å². The lowest BCUT2D eigenvalue weighted by Crippen LogP contribution is -2.07. The summed E-state index contributed by atoms with van der Waals surface area (Å²) in [7, 11) is 0. The van der Waals surface area contributed by atoms with Gasteiger partial charge in [-0.1, -0.05) is 38.3 Å². The standard InChI is InChI=1S/C14H28O2/c1-2-3-4-5-6-7-8-9-10-11-14(16)12-13-15/h7-8,14-16H,2-6,9-13H2,1H3/b8-7-/t14-/m1/s1. The Bertz CT molecular complexity index is 155. The summed E-state index contributed by atoms with van der Waals surface area (Å²) >= 11 is 0. The molecule has 0 saturated carbocycles. The topological polar surface area (TPSA) is 40.5 Å². The number of hydrogen-bond donors (Lipinski definition) is 2. The van der Waals surface area contributed by atoms with E-state index in [2.05, 4.69) is 19.1 Å². The summed E-state index contributed by atoms with van der Waals surface area (Å²) in [5.74, 6) is 0. The van der Waals surface area contributed by atoms with Gasteiger partial charge < -0.3 is 10.2 Å². The van der Waals surface area contributed by atoms with Gasteiger partial charge in [0.15, 0.2) is 0 Å². The third kappa shape index (κ3) is 11.7. The Hall–Kier alpha value is -0.340. The van der Waals surface area contributed by atoms with Crippen LogP contribution in [-0.4, -0.2) is 22.9 Å². The number of aliphatic hydroxyl groups is 2. The predicted molar refractivity (Wildman–Crippen MR) is 69.5 cm³/mol. The quantitative estimate of drug-likeness (QED) is 0.420. The summed E-state index contributed by atoms with van der Waals surface area (Å²) in [4.78, 5) is 0. The molecule has 16 heavy (non-hydrogen) atoms. The van der Waals surface area contributed by atoms with Crippen LogP contribution < -0.4 is 0 Å². The van der Waals surface area contributed by atoms with Gasteiger partial charge in [-0.2, -0.15) is 0 Å². The molecule has 2 N–H and O–H groups in total. The highest BCUT2D eigenvalue weighted by Crippen LogP contribution is 2.06. The fraction of sp³-hybridized carbons (Fsp3) is 0.857. The molecule has 0 aromatic rings. The van der Waals surface area contributed by atoms with Crippen molar-refractivity contribution in [1.82, 2.24) is 0 Å². The minimum Gasteiger partial charge on any atom is -0.396 e. The Kier molecular flexibility index (Phi) is 12.5. The second-order valence-electron chi connectivity index (χ2n) is 4.42. The minimum absolute atomic E-state index is 0.0917. The van der Waals surface area contributed by atoms with Crippen LogP contribution in [0.4, 0.5) is 0 Å². The van der Waals surface area contributed by atoms with Gasteiger partial charge >= 0.3 is 0 Å². The van der Waals surface area contributed by atoms with Crippen molar-refractivity contribution in [1.29, 1.82) is 0 Å². The fourth-order valence-corrected chi connectivity index (χ4v) is 1.69. The highest BCUT2D eigenvalue weighted by molar-refractivity contribution is 4.81. The van der Waals surface area contributed by atoms with Crippen molar-refractivity contribution in [3.8, 4) is 0 Å². The predicted octanol–water partition coefficient (Wildman–Crippen LogP) is 3.43. The molecule has 0 aliphatic heterocycles. The maximum absolute atomic E-state index is 9.36. The fourth-order valence-electron chi connectivity index (χ4n) is 1.69. The van der Waals surface area contributed by atoms with E-state index in [1.54, 1.807) is 0 Å². The minimum atomic E-state index is -0.317. The van der Waals surface area contributed by atoms with Gasteiger partial charge in [-0.25, -0.2) is 0 Å². The van der Waals surface area contributed by atoms with Gasteiger partial charge in [0.05, 0.1) is 6.10 Å². The Morgan fingerprint density at radius 2 is 1.62 bits per heavy atom. The maximum Gasteiger partial charge on any atom is 0.0562 e. The Morgan fingerprint density at radius 3 is 2.25 bits per heavy atom. The largest absolute Gasteiger partial charge is 0.396 e. The lowest BCUT2D eigenvalue weighted by molar-refractivity contribution is 0.123. The molecule has 0 rings (SSSR count). The van der Waals surface area contributed by atoms with Gasteiger partial charge in [-0.3, -0.25) is 0 Å². The SMILES string of the molecule is CCCCCC/C=C\CCC[C@@H](O)CCO. The number of rotatable bonds is 11. The molecule has 2 heteroatoms. The molecule has 0 fully saturated rings. The molecule has 0 spiro atoms. The summed E-state index contributed by atoms with van der Waals surface area (Å²) in [5, 5.41) is 18.0. The second-order valence-corrected chi connectivity index (χ2v) is 4.42. The Balaban J connectivity index is 3.15. The molecule has 96 valence electrons. The monoisotopic (exact) mass is 228 g/mol. The van der Waals surface area contributed by atoms with E-state index in [9.17, 15) is 5.11 Å². The van der Waals surface area contributed by atoms with E-state index in [1.165, 1.54) is 32.1 Å².